The highest BCUT2D eigenvalue weighted by Gasteiger charge is 2.35. The number of esters is 1. The highest BCUT2D eigenvalue weighted by atomic mass is 16.7. The molecule has 0 saturated heterocycles. The molecule has 3 rings (SSSR count). The van der Waals surface area contributed by atoms with E-state index in [1.807, 2.05) is 36.4 Å². The van der Waals surface area contributed by atoms with E-state index in [4.69, 9.17) is 9.47 Å². The van der Waals surface area contributed by atoms with Crippen LogP contribution in [0.5, 0.6) is 5.75 Å². The summed E-state index contributed by atoms with van der Waals surface area (Å²) < 4.78 is 11.1. The fourth-order valence-corrected chi connectivity index (χ4v) is 2.59. The molecule has 3 heteroatoms. The Morgan fingerprint density at radius 3 is 2.43 bits per heavy atom. The van der Waals surface area contributed by atoms with E-state index in [9.17, 15) is 4.79 Å². The van der Waals surface area contributed by atoms with Gasteiger partial charge in [-0.2, -0.15) is 0 Å². The number of carbonyl (C=O) groups is 1. The van der Waals surface area contributed by atoms with Crippen LogP contribution in [-0.2, 0) is 17.6 Å². The Morgan fingerprint density at radius 1 is 0.905 bits per heavy atom. The van der Waals surface area contributed by atoms with E-state index in [1.165, 1.54) is 5.56 Å². The van der Waals surface area contributed by atoms with E-state index in [-0.39, 0.29) is 5.97 Å². The summed E-state index contributed by atoms with van der Waals surface area (Å²) >= 11 is 0. The highest BCUT2D eigenvalue weighted by Crippen LogP contribution is 2.33. The number of carbonyl (C=O) groups excluding carboxylic acids is 1. The average molecular weight is 282 g/mol. The number of benzene rings is 2. The normalized spacial score (nSPS) is 15.8. The molecular weight excluding hydrogens is 264 g/mol. The summed E-state index contributed by atoms with van der Waals surface area (Å²) in [6.45, 7) is 3.48. The van der Waals surface area contributed by atoms with Crippen LogP contribution in [0.25, 0.3) is 0 Å². The number of cyclic esters (lactones) is 1. The molecular formula is C18H18O3. The van der Waals surface area contributed by atoms with Crippen molar-refractivity contribution in [2.75, 3.05) is 0 Å². The molecule has 21 heavy (non-hydrogen) atoms. The Kier molecular flexibility index (Phi) is 3.42. The summed E-state index contributed by atoms with van der Waals surface area (Å²) in [5, 5.41) is 0. The van der Waals surface area contributed by atoms with Gasteiger partial charge in [-0.15, -0.1) is 0 Å². The van der Waals surface area contributed by atoms with Gasteiger partial charge in [0.05, 0.1) is 0 Å². The molecule has 2 aromatic carbocycles. The molecule has 3 nitrogen and oxygen atoms in total. The fraction of sp³-hybridized carbons (Fsp3) is 0.278. The molecule has 0 bridgehead atoms. The zero-order valence-corrected chi connectivity index (χ0v) is 12.3. The molecule has 0 spiro atoms. The van der Waals surface area contributed by atoms with Gasteiger partial charge in [0, 0.05) is 13.8 Å². The summed E-state index contributed by atoms with van der Waals surface area (Å²) in [4.78, 5) is 12.2. The number of aryl methyl sites for hydroxylation is 2. The van der Waals surface area contributed by atoms with Crippen LogP contribution < -0.4 is 4.74 Å². The largest absolute Gasteiger partial charge is 0.452 e. The summed E-state index contributed by atoms with van der Waals surface area (Å²) in [6, 6.07) is 15.9. The second-order valence-corrected chi connectivity index (χ2v) is 5.67. The molecule has 2 aromatic rings. The Hall–Kier alpha value is -2.29. The number of hydrogen-bond donors (Lipinski definition) is 0. The lowest BCUT2D eigenvalue weighted by molar-refractivity contribution is -0.127. The van der Waals surface area contributed by atoms with Crippen LogP contribution >= 0.6 is 0 Å². The summed E-state index contributed by atoms with van der Waals surface area (Å²) in [7, 11) is 0. The summed E-state index contributed by atoms with van der Waals surface area (Å²) in [6.07, 6.45) is 1.67. The topological polar surface area (TPSA) is 35.5 Å². The van der Waals surface area contributed by atoms with Crippen molar-refractivity contribution in [1.29, 1.82) is 0 Å². The smallest absolute Gasteiger partial charge is 0.345 e. The third-order valence-corrected chi connectivity index (χ3v) is 3.54. The first-order valence-electron chi connectivity index (χ1n) is 7.13. The number of fused-ring (bicyclic) bond motifs is 1. The van der Waals surface area contributed by atoms with Crippen molar-refractivity contribution >= 4 is 5.97 Å². The molecule has 0 atom stereocenters. The van der Waals surface area contributed by atoms with Gasteiger partial charge in [-0.3, -0.25) is 0 Å². The molecule has 1 heterocycles. The van der Waals surface area contributed by atoms with Gasteiger partial charge in [-0.1, -0.05) is 42.5 Å². The lowest BCUT2D eigenvalue weighted by atomic mass is 9.98. The van der Waals surface area contributed by atoms with Crippen molar-refractivity contribution in [3.63, 3.8) is 0 Å². The van der Waals surface area contributed by atoms with Crippen molar-refractivity contribution < 1.29 is 14.3 Å². The predicted octanol–water partition coefficient (Wildman–Crippen LogP) is 3.76. The minimum atomic E-state index is -0.901. The maximum atomic E-state index is 12.2. The molecule has 1 aliphatic heterocycles. The fourth-order valence-electron chi connectivity index (χ4n) is 2.59. The Balaban J connectivity index is 1.86. The van der Waals surface area contributed by atoms with Gasteiger partial charge < -0.3 is 9.47 Å². The number of rotatable bonds is 3. The average Bonchev–Trinajstić information content (AvgIpc) is 2.44. The molecule has 0 fully saturated rings. The predicted molar refractivity (Wildman–Crippen MR) is 80.4 cm³/mol. The third-order valence-electron chi connectivity index (χ3n) is 3.54. The molecule has 0 aromatic heterocycles. The Morgan fingerprint density at radius 2 is 1.67 bits per heavy atom. The molecule has 0 unspecified atom stereocenters. The lowest BCUT2D eigenvalue weighted by Crippen LogP contribution is -2.39. The van der Waals surface area contributed by atoms with E-state index < -0.39 is 5.79 Å². The van der Waals surface area contributed by atoms with E-state index in [2.05, 4.69) is 12.1 Å². The van der Waals surface area contributed by atoms with E-state index in [0.717, 1.165) is 18.4 Å². The van der Waals surface area contributed by atoms with E-state index in [1.54, 1.807) is 13.8 Å². The lowest BCUT2D eigenvalue weighted by Gasteiger charge is -2.32. The van der Waals surface area contributed by atoms with Gasteiger partial charge in [-0.05, 0) is 30.0 Å². The van der Waals surface area contributed by atoms with Crippen molar-refractivity contribution in [3.05, 3.63) is 65.2 Å². The second kappa shape index (κ2) is 5.24. The zero-order chi connectivity index (χ0) is 14.9. The number of hydrogen-bond acceptors (Lipinski definition) is 3. The van der Waals surface area contributed by atoms with Gasteiger partial charge in [0.1, 0.15) is 11.3 Å². The van der Waals surface area contributed by atoms with Crippen molar-refractivity contribution in [1.82, 2.24) is 0 Å². The summed E-state index contributed by atoms with van der Waals surface area (Å²) in [5.41, 5.74) is 2.78. The SMILES string of the molecule is CC1(C)OC(=O)c2c(CCc3ccccc3)cccc2O1. The van der Waals surface area contributed by atoms with Crippen LogP contribution in [0.3, 0.4) is 0 Å². The van der Waals surface area contributed by atoms with E-state index >= 15 is 0 Å². The third kappa shape index (κ3) is 2.92. The minimum Gasteiger partial charge on any atom is -0.452 e. The van der Waals surface area contributed by atoms with Crippen LogP contribution in [-0.4, -0.2) is 11.8 Å². The van der Waals surface area contributed by atoms with Crippen molar-refractivity contribution in [2.45, 2.75) is 32.5 Å². The number of ether oxygens (including phenoxy) is 2. The molecule has 0 aliphatic carbocycles. The van der Waals surface area contributed by atoms with Gasteiger partial charge in [0.25, 0.3) is 0 Å². The first-order chi connectivity index (χ1) is 10.1. The van der Waals surface area contributed by atoms with Crippen LogP contribution in [0.2, 0.25) is 0 Å². The molecule has 0 saturated carbocycles. The Labute approximate surface area is 124 Å². The molecule has 0 radical (unpaired) electrons. The first-order valence-corrected chi connectivity index (χ1v) is 7.13. The maximum absolute atomic E-state index is 12.2. The maximum Gasteiger partial charge on any atom is 0.345 e. The van der Waals surface area contributed by atoms with Gasteiger partial charge in [0.2, 0.25) is 5.79 Å². The quantitative estimate of drug-likeness (QED) is 0.804. The van der Waals surface area contributed by atoms with Crippen molar-refractivity contribution in [3.8, 4) is 5.75 Å². The monoisotopic (exact) mass is 282 g/mol. The van der Waals surface area contributed by atoms with Crippen molar-refractivity contribution in [2.24, 2.45) is 0 Å². The van der Waals surface area contributed by atoms with Crippen LogP contribution in [0, 0.1) is 0 Å². The van der Waals surface area contributed by atoms with Crippen LogP contribution in [0.4, 0.5) is 0 Å². The zero-order valence-electron chi connectivity index (χ0n) is 12.3. The standard InChI is InChI=1S/C18H18O3/c1-18(2)20-15-10-6-9-14(16(15)17(19)21-18)12-11-13-7-4-3-5-8-13/h3-10H,11-12H2,1-2H3. The molecule has 1 aliphatic rings. The second-order valence-electron chi connectivity index (χ2n) is 5.67. The van der Waals surface area contributed by atoms with Crippen LogP contribution in [0.1, 0.15) is 35.3 Å². The van der Waals surface area contributed by atoms with Gasteiger partial charge in [0.15, 0.2) is 0 Å². The van der Waals surface area contributed by atoms with Crippen LogP contribution in [0.15, 0.2) is 48.5 Å². The van der Waals surface area contributed by atoms with Gasteiger partial charge in [-0.25, -0.2) is 4.79 Å². The molecule has 108 valence electrons. The summed E-state index contributed by atoms with van der Waals surface area (Å²) in [5.74, 6) is -0.589. The Bertz CT molecular complexity index is 659. The van der Waals surface area contributed by atoms with Gasteiger partial charge >= 0.3 is 5.97 Å². The first kappa shape index (κ1) is 13.7. The highest BCUT2D eigenvalue weighted by molar-refractivity contribution is 5.95. The molecule has 0 amide bonds. The minimum absolute atomic E-state index is 0.301. The molecule has 0 N–H and O–H groups in total. The van der Waals surface area contributed by atoms with E-state index in [0.29, 0.717) is 11.3 Å².